The highest BCUT2D eigenvalue weighted by Crippen LogP contribution is 2.40. The molecular weight excluding hydrogens is 446 g/mol. The summed E-state index contributed by atoms with van der Waals surface area (Å²) in [5, 5.41) is 12.9. The maximum Gasteiger partial charge on any atom is 0.251 e. The minimum atomic E-state index is -0.168. The molecule has 0 saturated heterocycles. The predicted octanol–water partition coefficient (Wildman–Crippen LogP) is 5.56. The van der Waals surface area contributed by atoms with Crippen LogP contribution in [0.3, 0.4) is 0 Å². The fraction of sp³-hybridized carbons (Fsp3) is 0.185. The fourth-order valence-corrected chi connectivity index (χ4v) is 4.49. The van der Waals surface area contributed by atoms with Crippen LogP contribution in [-0.2, 0) is 13.0 Å². The minimum Gasteiger partial charge on any atom is -0.346 e. The molecule has 2 N–H and O–H groups in total. The lowest BCUT2D eigenvalue weighted by atomic mass is 10.0. The summed E-state index contributed by atoms with van der Waals surface area (Å²) in [6, 6.07) is 17.7. The molecule has 34 heavy (non-hydrogen) atoms. The molecule has 5 aromatic rings. The van der Waals surface area contributed by atoms with E-state index < -0.39 is 0 Å². The molecular formula is C27H22ClN5O. The van der Waals surface area contributed by atoms with Gasteiger partial charge in [0.2, 0.25) is 0 Å². The highest BCUT2D eigenvalue weighted by Gasteiger charge is 2.23. The van der Waals surface area contributed by atoms with Gasteiger partial charge in [-0.15, -0.1) is 0 Å². The first-order valence-electron chi connectivity index (χ1n) is 11.4. The van der Waals surface area contributed by atoms with Crippen molar-refractivity contribution in [3.63, 3.8) is 0 Å². The van der Waals surface area contributed by atoms with Crippen LogP contribution in [0.25, 0.3) is 21.8 Å². The van der Waals surface area contributed by atoms with E-state index in [1.54, 1.807) is 18.3 Å². The average molecular weight is 468 g/mol. The number of H-pyrrole nitrogens is 1. The molecule has 0 spiro atoms. The van der Waals surface area contributed by atoms with E-state index in [0.29, 0.717) is 29.5 Å². The van der Waals surface area contributed by atoms with Crippen LogP contribution in [0.4, 0.5) is 0 Å². The molecule has 6 nitrogen and oxygen atoms in total. The van der Waals surface area contributed by atoms with E-state index in [1.165, 1.54) is 18.4 Å². The normalized spacial score (nSPS) is 13.4. The standard InChI is InChI=1S/C27H22ClN5O/c28-21-4-6-25-23(13-21)26(33-32-25)15-31-27(34)18-7-8-29-22(12-18)10-16-1-5-24-19(9-16)11-20(14-30-24)17-2-3-17/h1,4-9,11-14,17H,2-3,10,15H2,(H,31,34)(H,32,33). The molecule has 1 fully saturated rings. The van der Waals surface area contributed by atoms with E-state index in [1.807, 2.05) is 24.4 Å². The van der Waals surface area contributed by atoms with Crippen molar-refractivity contribution in [3.05, 3.63) is 100 Å². The zero-order chi connectivity index (χ0) is 23.1. The number of rotatable bonds is 6. The number of hydrogen-bond acceptors (Lipinski definition) is 4. The third kappa shape index (κ3) is 4.24. The van der Waals surface area contributed by atoms with E-state index in [-0.39, 0.29) is 5.91 Å². The monoisotopic (exact) mass is 467 g/mol. The Kier molecular flexibility index (Phi) is 5.23. The summed E-state index contributed by atoms with van der Waals surface area (Å²) in [6.07, 6.45) is 6.85. The number of fused-ring (bicyclic) bond motifs is 2. The van der Waals surface area contributed by atoms with Crippen LogP contribution in [0, 0.1) is 0 Å². The molecule has 0 radical (unpaired) electrons. The van der Waals surface area contributed by atoms with Gasteiger partial charge in [-0.25, -0.2) is 0 Å². The SMILES string of the molecule is O=C(NCc1n[nH]c2ccc(Cl)cc12)c1ccnc(Cc2ccc3ncc(C4CC4)cc3c2)c1. The molecule has 1 amide bonds. The van der Waals surface area contributed by atoms with E-state index in [0.717, 1.165) is 38.8 Å². The number of carbonyl (C=O) groups excluding carboxylic acids is 1. The average Bonchev–Trinajstić information content (AvgIpc) is 3.63. The van der Waals surface area contributed by atoms with Gasteiger partial charge in [-0.1, -0.05) is 17.7 Å². The Hall–Kier alpha value is -3.77. The Morgan fingerprint density at radius 3 is 2.85 bits per heavy atom. The van der Waals surface area contributed by atoms with Gasteiger partial charge in [-0.2, -0.15) is 5.10 Å². The summed E-state index contributed by atoms with van der Waals surface area (Å²) >= 11 is 6.11. The van der Waals surface area contributed by atoms with Gasteiger partial charge in [0.25, 0.3) is 5.91 Å². The Morgan fingerprint density at radius 1 is 1.06 bits per heavy atom. The molecule has 168 valence electrons. The Bertz CT molecular complexity index is 1540. The summed E-state index contributed by atoms with van der Waals surface area (Å²) in [5.41, 5.74) is 6.52. The van der Waals surface area contributed by atoms with Gasteiger partial charge in [0, 0.05) is 45.9 Å². The molecule has 0 unspecified atom stereocenters. The lowest BCUT2D eigenvalue weighted by molar-refractivity contribution is 0.0950. The van der Waals surface area contributed by atoms with Crippen molar-refractivity contribution in [3.8, 4) is 0 Å². The Labute approximate surface area is 201 Å². The van der Waals surface area contributed by atoms with Crippen LogP contribution in [-0.4, -0.2) is 26.1 Å². The molecule has 7 heteroatoms. The van der Waals surface area contributed by atoms with Crippen LogP contribution < -0.4 is 5.32 Å². The van der Waals surface area contributed by atoms with Gasteiger partial charge in [0.15, 0.2) is 0 Å². The molecule has 3 heterocycles. The van der Waals surface area contributed by atoms with Crippen LogP contribution in [0.15, 0.2) is 67.0 Å². The van der Waals surface area contributed by atoms with E-state index in [9.17, 15) is 4.79 Å². The van der Waals surface area contributed by atoms with E-state index in [2.05, 4.69) is 49.7 Å². The second-order valence-corrected chi connectivity index (χ2v) is 9.26. The molecule has 1 aliphatic rings. The van der Waals surface area contributed by atoms with Gasteiger partial charge in [0.1, 0.15) is 0 Å². The molecule has 3 aromatic heterocycles. The summed E-state index contributed by atoms with van der Waals surface area (Å²) in [5.74, 6) is 0.507. The van der Waals surface area contributed by atoms with Gasteiger partial charge in [0.05, 0.1) is 23.3 Å². The quantitative estimate of drug-likeness (QED) is 0.342. The fourth-order valence-electron chi connectivity index (χ4n) is 4.31. The predicted molar refractivity (Wildman–Crippen MR) is 133 cm³/mol. The number of pyridine rings is 2. The van der Waals surface area contributed by atoms with Crippen molar-refractivity contribution in [2.45, 2.75) is 31.7 Å². The number of nitrogens with zero attached hydrogens (tertiary/aromatic N) is 3. The lowest BCUT2D eigenvalue weighted by Gasteiger charge is -2.08. The van der Waals surface area contributed by atoms with Crippen LogP contribution >= 0.6 is 11.6 Å². The van der Waals surface area contributed by atoms with Crippen molar-refractivity contribution in [1.29, 1.82) is 0 Å². The van der Waals surface area contributed by atoms with Crippen molar-refractivity contribution >= 4 is 39.3 Å². The first-order valence-corrected chi connectivity index (χ1v) is 11.7. The highest BCUT2D eigenvalue weighted by atomic mass is 35.5. The van der Waals surface area contributed by atoms with Crippen LogP contribution in [0.2, 0.25) is 5.02 Å². The maximum absolute atomic E-state index is 12.8. The van der Waals surface area contributed by atoms with Gasteiger partial charge < -0.3 is 5.32 Å². The number of hydrogen-bond donors (Lipinski definition) is 2. The Morgan fingerprint density at radius 2 is 1.97 bits per heavy atom. The number of aromatic nitrogens is 4. The van der Waals surface area contributed by atoms with Gasteiger partial charge >= 0.3 is 0 Å². The molecule has 1 saturated carbocycles. The number of nitrogens with one attached hydrogen (secondary N) is 2. The highest BCUT2D eigenvalue weighted by molar-refractivity contribution is 6.31. The third-order valence-corrected chi connectivity index (χ3v) is 6.53. The number of halogens is 1. The summed E-state index contributed by atoms with van der Waals surface area (Å²) in [7, 11) is 0. The number of aromatic amines is 1. The molecule has 0 aliphatic heterocycles. The minimum absolute atomic E-state index is 0.168. The smallest absolute Gasteiger partial charge is 0.251 e. The van der Waals surface area contributed by atoms with Gasteiger partial charge in [-0.3, -0.25) is 19.9 Å². The Balaban J connectivity index is 1.17. The van der Waals surface area contributed by atoms with Crippen molar-refractivity contribution in [2.24, 2.45) is 0 Å². The van der Waals surface area contributed by atoms with Crippen molar-refractivity contribution in [2.75, 3.05) is 0 Å². The molecule has 6 rings (SSSR count). The van der Waals surface area contributed by atoms with Crippen molar-refractivity contribution < 1.29 is 4.79 Å². The van der Waals surface area contributed by atoms with Gasteiger partial charge in [-0.05, 0) is 78.4 Å². The number of carbonyl (C=O) groups is 1. The topological polar surface area (TPSA) is 83.6 Å². The molecule has 2 aromatic carbocycles. The number of benzene rings is 2. The van der Waals surface area contributed by atoms with E-state index in [4.69, 9.17) is 11.6 Å². The van der Waals surface area contributed by atoms with E-state index >= 15 is 0 Å². The summed E-state index contributed by atoms with van der Waals surface area (Å²) in [4.78, 5) is 21.9. The third-order valence-electron chi connectivity index (χ3n) is 6.30. The summed E-state index contributed by atoms with van der Waals surface area (Å²) in [6.45, 7) is 0.303. The van der Waals surface area contributed by atoms with Crippen LogP contribution in [0.5, 0.6) is 0 Å². The zero-order valence-electron chi connectivity index (χ0n) is 18.4. The molecule has 0 atom stereocenters. The second kappa shape index (κ2) is 8.54. The molecule has 1 aliphatic carbocycles. The first kappa shape index (κ1) is 20.8. The second-order valence-electron chi connectivity index (χ2n) is 8.83. The maximum atomic E-state index is 12.8. The largest absolute Gasteiger partial charge is 0.346 e. The number of amides is 1. The zero-order valence-corrected chi connectivity index (χ0v) is 19.1. The molecule has 0 bridgehead atoms. The summed E-state index contributed by atoms with van der Waals surface area (Å²) < 4.78 is 0. The van der Waals surface area contributed by atoms with Crippen molar-refractivity contribution in [1.82, 2.24) is 25.5 Å². The first-order chi connectivity index (χ1) is 16.6. The van der Waals surface area contributed by atoms with Crippen LogP contribution in [0.1, 0.15) is 51.6 Å². The lowest BCUT2D eigenvalue weighted by Crippen LogP contribution is -2.23.